The van der Waals surface area contributed by atoms with Gasteiger partial charge in [-0.2, -0.15) is 0 Å². The Morgan fingerprint density at radius 2 is 1.86 bits per heavy atom. The maximum atomic E-state index is 12.1. The van der Waals surface area contributed by atoms with Crippen molar-refractivity contribution < 1.29 is 8.42 Å². The second-order valence-electron chi connectivity index (χ2n) is 5.96. The van der Waals surface area contributed by atoms with Gasteiger partial charge in [-0.05, 0) is 57.2 Å². The molecule has 1 unspecified atom stereocenters. The van der Waals surface area contributed by atoms with Gasteiger partial charge in [0.2, 0.25) is 0 Å². The van der Waals surface area contributed by atoms with E-state index in [-0.39, 0.29) is 16.9 Å². The standard InChI is InChI=1S/C17H29NO2S/c1-5-11-18-13-16(10-12-21(19,20)14(2)3)17-9-7-6-8-15(17)4/h6-9,14,16,18H,5,10-13H2,1-4H3. The van der Waals surface area contributed by atoms with Gasteiger partial charge in [0.05, 0.1) is 11.0 Å². The molecule has 0 aliphatic rings. The van der Waals surface area contributed by atoms with Gasteiger partial charge in [0.1, 0.15) is 0 Å². The first kappa shape index (κ1) is 18.2. The van der Waals surface area contributed by atoms with E-state index >= 15 is 0 Å². The van der Waals surface area contributed by atoms with E-state index in [1.165, 1.54) is 11.1 Å². The molecule has 1 atom stereocenters. The fourth-order valence-corrected chi connectivity index (χ4v) is 3.49. The third-order valence-corrected chi connectivity index (χ3v) is 6.16. The number of hydrogen-bond acceptors (Lipinski definition) is 3. The monoisotopic (exact) mass is 311 g/mol. The highest BCUT2D eigenvalue weighted by molar-refractivity contribution is 7.91. The Bertz CT molecular complexity index is 523. The summed E-state index contributed by atoms with van der Waals surface area (Å²) in [6.07, 6.45) is 1.77. The lowest BCUT2D eigenvalue weighted by Gasteiger charge is -2.20. The number of hydrogen-bond donors (Lipinski definition) is 1. The molecule has 0 bridgehead atoms. The molecule has 1 rings (SSSR count). The highest BCUT2D eigenvalue weighted by Crippen LogP contribution is 2.23. The molecule has 0 saturated carbocycles. The molecule has 0 radical (unpaired) electrons. The number of aryl methyl sites for hydroxylation is 1. The topological polar surface area (TPSA) is 46.2 Å². The summed E-state index contributed by atoms with van der Waals surface area (Å²) in [6.45, 7) is 9.56. The van der Waals surface area contributed by atoms with E-state index in [1.807, 2.05) is 12.1 Å². The smallest absolute Gasteiger partial charge is 0.152 e. The van der Waals surface area contributed by atoms with Gasteiger partial charge in [0.15, 0.2) is 9.84 Å². The zero-order valence-electron chi connectivity index (χ0n) is 13.7. The Balaban J connectivity index is 2.81. The van der Waals surface area contributed by atoms with Crippen LogP contribution in [0.4, 0.5) is 0 Å². The van der Waals surface area contributed by atoms with Gasteiger partial charge >= 0.3 is 0 Å². The van der Waals surface area contributed by atoms with Gasteiger partial charge < -0.3 is 5.32 Å². The number of sulfone groups is 1. The Morgan fingerprint density at radius 1 is 1.19 bits per heavy atom. The van der Waals surface area contributed by atoms with Crippen molar-refractivity contribution in [2.75, 3.05) is 18.8 Å². The van der Waals surface area contributed by atoms with E-state index in [0.717, 1.165) is 19.5 Å². The summed E-state index contributed by atoms with van der Waals surface area (Å²) in [5.41, 5.74) is 2.50. The molecule has 0 fully saturated rings. The molecule has 0 saturated heterocycles. The van der Waals surface area contributed by atoms with Crippen molar-refractivity contribution in [1.82, 2.24) is 5.32 Å². The molecule has 4 heteroatoms. The first-order valence-electron chi connectivity index (χ1n) is 7.86. The zero-order valence-corrected chi connectivity index (χ0v) is 14.5. The Labute approximate surface area is 130 Å². The summed E-state index contributed by atoms with van der Waals surface area (Å²) < 4.78 is 24.1. The molecule has 1 aromatic carbocycles. The summed E-state index contributed by atoms with van der Waals surface area (Å²) >= 11 is 0. The predicted molar refractivity (Wildman–Crippen MR) is 90.6 cm³/mol. The summed E-state index contributed by atoms with van der Waals surface area (Å²) in [6, 6.07) is 8.28. The van der Waals surface area contributed by atoms with E-state index in [9.17, 15) is 8.42 Å². The van der Waals surface area contributed by atoms with Crippen molar-refractivity contribution in [3.05, 3.63) is 35.4 Å². The number of nitrogens with one attached hydrogen (secondary N) is 1. The van der Waals surface area contributed by atoms with Gasteiger partial charge in [-0.1, -0.05) is 31.2 Å². The van der Waals surface area contributed by atoms with Crippen LogP contribution in [0.15, 0.2) is 24.3 Å². The van der Waals surface area contributed by atoms with Crippen molar-refractivity contribution in [2.24, 2.45) is 0 Å². The molecule has 0 aromatic heterocycles. The van der Waals surface area contributed by atoms with E-state index < -0.39 is 9.84 Å². The number of benzene rings is 1. The van der Waals surface area contributed by atoms with Gasteiger partial charge in [-0.3, -0.25) is 0 Å². The van der Waals surface area contributed by atoms with Crippen molar-refractivity contribution >= 4 is 9.84 Å². The average molecular weight is 311 g/mol. The van der Waals surface area contributed by atoms with Crippen molar-refractivity contribution in [1.29, 1.82) is 0 Å². The van der Waals surface area contributed by atoms with Gasteiger partial charge in [0, 0.05) is 6.54 Å². The maximum Gasteiger partial charge on any atom is 0.152 e. The first-order valence-corrected chi connectivity index (χ1v) is 9.57. The largest absolute Gasteiger partial charge is 0.316 e. The summed E-state index contributed by atoms with van der Waals surface area (Å²) in [7, 11) is -2.97. The zero-order chi connectivity index (χ0) is 15.9. The molecular weight excluding hydrogens is 282 g/mol. The minimum atomic E-state index is -2.97. The molecular formula is C17H29NO2S. The SMILES string of the molecule is CCCNCC(CCS(=O)(=O)C(C)C)c1ccccc1C. The molecule has 0 aliphatic carbocycles. The average Bonchev–Trinajstić information content (AvgIpc) is 2.43. The Kier molecular flexibility index (Phi) is 7.40. The first-order chi connectivity index (χ1) is 9.88. The fourth-order valence-electron chi connectivity index (χ4n) is 2.41. The van der Waals surface area contributed by atoms with Crippen molar-refractivity contribution in [3.8, 4) is 0 Å². The summed E-state index contributed by atoms with van der Waals surface area (Å²) in [5.74, 6) is 0.517. The van der Waals surface area contributed by atoms with E-state index in [4.69, 9.17) is 0 Å². The minimum absolute atomic E-state index is 0.256. The van der Waals surface area contributed by atoms with Crippen LogP contribution in [0, 0.1) is 6.92 Å². The van der Waals surface area contributed by atoms with Crippen LogP contribution in [-0.4, -0.2) is 32.5 Å². The molecule has 0 spiro atoms. The normalized spacial score (nSPS) is 13.6. The quantitative estimate of drug-likeness (QED) is 0.712. The molecule has 1 aromatic rings. The molecule has 0 aliphatic heterocycles. The lowest BCUT2D eigenvalue weighted by Crippen LogP contribution is -2.26. The van der Waals surface area contributed by atoms with Crippen LogP contribution in [0.5, 0.6) is 0 Å². The van der Waals surface area contributed by atoms with E-state index in [1.54, 1.807) is 13.8 Å². The van der Waals surface area contributed by atoms with Crippen LogP contribution < -0.4 is 5.32 Å². The maximum absolute atomic E-state index is 12.1. The third kappa shape index (κ3) is 5.79. The molecule has 1 N–H and O–H groups in total. The van der Waals surface area contributed by atoms with Gasteiger partial charge in [0.25, 0.3) is 0 Å². The Morgan fingerprint density at radius 3 is 2.43 bits per heavy atom. The van der Waals surface area contributed by atoms with Crippen LogP contribution in [0.1, 0.15) is 50.7 Å². The summed E-state index contributed by atoms with van der Waals surface area (Å²) in [4.78, 5) is 0. The van der Waals surface area contributed by atoms with Crippen molar-refractivity contribution in [2.45, 2.75) is 51.7 Å². The second-order valence-corrected chi connectivity index (χ2v) is 8.64. The summed E-state index contributed by atoms with van der Waals surface area (Å²) in [5, 5.41) is 3.14. The highest BCUT2D eigenvalue weighted by Gasteiger charge is 2.20. The highest BCUT2D eigenvalue weighted by atomic mass is 32.2. The lowest BCUT2D eigenvalue weighted by molar-refractivity contribution is 0.549. The van der Waals surface area contributed by atoms with E-state index in [2.05, 4.69) is 31.3 Å². The third-order valence-electron chi connectivity index (χ3n) is 3.91. The van der Waals surface area contributed by atoms with Gasteiger partial charge in [-0.25, -0.2) is 8.42 Å². The molecule has 21 heavy (non-hydrogen) atoms. The van der Waals surface area contributed by atoms with Crippen LogP contribution >= 0.6 is 0 Å². The van der Waals surface area contributed by atoms with Crippen LogP contribution in [-0.2, 0) is 9.84 Å². The van der Waals surface area contributed by atoms with Crippen molar-refractivity contribution in [3.63, 3.8) is 0 Å². The van der Waals surface area contributed by atoms with Crippen LogP contribution in [0.3, 0.4) is 0 Å². The van der Waals surface area contributed by atoms with E-state index in [0.29, 0.717) is 6.42 Å². The Hall–Kier alpha value is -0.870. The van der Waals surface area contributed by atoms with Crippen LogP contribution in [0.2, 0.25) is 0 Å². The fraction of sp³-hybridized carbons (Fsp3) is 0.647. The molecule has 3 nitrogen and oxygen atoms in total. The molecule has 0 amide bonds. The minimum Gasteiger partial charge on any atom is -0.316 e. The second kappa shape index (κ2) is 8.54. The van der Waals surface area contributed by atoms with Crippen LogP contribution in [0.25, 0.3) is 0 Å². The lowest BCUT2D eigenvalue weighted by atomic mass is 9.92. The number of rotatable bonds is 9. The van der Waals surface area contributed by atoms with Gasteiger partial charge in [-0.15, -0.1) is 0 Å². The predicted octanol–water partition coefficient (Wildman–Crippen LogP) is 3.29. The molecule has 120 valence electrons. The molecule has 0 heterocycles.